The summed E-state index contributed by atoms with van der Waals surface area (Å²) < 4.78 is 48.7. The summed E-state index contributed by atoms with van der Waals surface area (Å²) in [6.45, 7) is 3.85. The smallest absolute Gasteiger partial charge is 0.416 e. The molecule has 1 aliphatic carbocycles. The van der Waals surface area contributed by atoms with E-state index in [0.717, 1.165) is 53.0 Å². The number of ether oxygens (including phenoxy) is 1. The molecule has 3 heterocycles. The van der Waals surface area contributed by atoms with Crippen LogP contribution in [-0.4, -0.2) is 20.8 Å². The minimum absolute atomic E-state index is 0.262. The molecule has 41 heavy (non-hydrogen) atoms. The van der Waals surface area contributed by atoms with Crippen molar-refractivity contribution in [2.24, 2.45) is 0 Å². The highest BCUT2D eigenvalue weighted by molar-refractivity contribution is 7.80. The van der Waals surface area contributed by atoms with Crippen LogP contribution >= 0.6 is 12.2 Å². The lowest BCUT2D eigenvalue weighted by Gasteiger charge is -2.28. The van der Waals surface area contributed by atoms with Crippen molar-refractivity contribution in [2.45, 2.75) is 63.9 Å². The van der Waals surface area contributed by atoms with Crippen LogP contribution in [0.1, 0.15) is 66.0 Å². The van der Waals surface area contributed by atoms with Gasteiger partial charge in [0.15, 0.2) is 5.11 Å². The summed E-state index contributed by atoms with van der Waals surface area (Å²) in [6, 6.07) is 20.7. The zero-order valence-electron chi connectivity index (χ0n) is 22.9. The van der Waals surface area contributed by atoms with E-state index in [0.29, 0.717) is 10.8 Å². The molecule has 0 spiro atoms. The highest BCUT2D eigenvalue weighted by Gasteiger charge is 2.42. The summed E-state index contributed by atoms with van der Waals surface area (Å²) in [5, 5.41) is 4.03. The molecular weight excluding hydrogens is 545 g/mol. The van der Waals surface area contributed by atoms with Crippen molar-refractivity contribution < 1.29 is 17.9 Å². The average Bonchev–Trinajstić information content (AvgIpc) is 3.67. The molecule has 212 valence electrons. The maximum Gasteiger partial charge on any atom is 0.416 e. The van der Waals surface area contributed by atoms with Crippen LogP contribution in [0.15, 0.2) is 79.0 Å². The third-order valence-electron chi connectivity index (χ3n) is 8.04. The van der Waals surface area contributed by atoms with E-state index < -0.39 is 11.7 Å². The Morgan fingerprint density at radius 2 is 1.68 bits per heavy atom. The van der Waals surface area contributed by atoms with Crippen molar-refractivity contribution in [3.63, 3.8) is 0 Å². The van der Waals surface area contributed by atoms with E-state index in [1.165, 1.54) is 25.0 Å². The number of thiocarbonyl (C=S) groups is 1. The number of halogens is 3. The number of nitrogens with one attached hydrogen (secondary N) is 1. The van der Waals surface area contributed by atoms with Crippen molar-refractivity contribution in [3.8, 4) is 11.4 Å². The molecule has 1 aliphatic heterocycles. The Hall–Kier alpha value is -3.85. The number of alkyl halides is 3. The van der Waals surface area contributed by atoms with Crippen LogP contribution in [0.3, 0.4) is 0 Å². The second kappa shape index (κ2) is 10.9. The molecule has 2 atom stereocenters. The molecule has 2 fully saturated rings. The molecular formula is C32H31F3N4OS. The van der Waals surface area contributed by atoms with Gasteiger partial charge in [0.05, 0.1) is 29.4 Å². The first-order chi connectivity index (χ1) is 19.7. The summed E-state index contributed by atoms with van der Waals surface area (Å²) in [5.74, 6) is 0.833. The predicted octanol–water partition coefficient (Wildman–Crippen LogP) is 8.01. The third kappa shape index (κ3) is 5.30. The number of hydrogen-bond acceptors (Lipinski definition) is 3. The Kier molecular flexibility index (Phi) is 7.23. The van der Waals surface area contributed by atoms with Gasteiger partial charge < -0.3 is 19.5 Å². The molecule has 0 amide bonds. The number of hydrogen-bond donors (Lipinski definition) is 1. The summed E-state index contributed by atoms with van der Waals surface area (Å²) >= 11 is 5.88. The molecule has 6 rings (SSSR count). The van der Waals surface area contributed by atoms with Gasteiger partial charge in [-0.1, -0.05) is 12.1 Å². The van der Waals surface area contributed by atoms with E-state index in [4.69, 9.17) is 17.0 Å². The number of nitrogens with zero attached hydrogens (tertiary/aromatic N) is 3. The van der Waals surface area contributed by atoms with Crippen LogP contribution in [0.5, 0.6) is 5.75 Å². The molecule has 1 saturated heterocycles. The van der Waals surface area contributed by atoms with Gasteiger partial charge >= 0.3 is 6.18 Å². The molecule has 1 N–H and O–H groups in total. The van der Waals surface area contributed by atoms with Gasteiger partial charge in [-0.05, 0) is 118 Å². The summed E-state index contributed by atoms with van der Waals surface area (Å²) in [7, 11) is 0. The zero-order valence-corrected chi connectivity index (χ0v) is 23.7. The largest absolute Gasteiger partial charge is 0.490 e. The van der Waals surface area contributed by atoms with Gasteiger partial charge in [-0.3, -0.25) is 4.98 Å². The van der Waals surface area contributed by atoms with Crippen LogP contribution in [0.4, 0.5) is 18.9 Å². The zero-order chi connectivity index (χ0) is 28.7. The second-order valence-corrected chi connectivity index (χ2v) is 11.1. The van der Waals surface area contributed by atoms with E-state index >= 15 is 0 Å². The third-order valence-corrected chi connectivity index (χ3v) is 8.35. The number of aryl methyl sites for hydroxylation is 1. The van der Waals surface area contributed by atoms with E-state index in [-0.39, 0.29) is 18.2 Å². The molecule has 2 aliphatic rings. The maximum absolute atomic E-state index is 13.5. The molecule has 0 radical (unpaired) electrons. The quantitative estimate of drug-likeness (QED) is 0.236. The fourth-order valence-electron chi connectivity index (χ4n) is 6.14. The first kappa shape index (κ1) is 27.3. The van der Waals surface area contributed by atoms with Crippen LogP contribution in [0.25, 0.3) is 5.69 Å². The van der Waals surface area contributed by atoms with Gasteiger partial charge in [-0.15, -0.1) is 0 Å². The van der Waals surface area contributed by atoms with E-state index in [2.05, 4.69) is 15.2 Å². The molecule has 5 nitrogen and oxygen atoms in total. The topological polar surface area (TPSA) is 42.3 Å². The fraction of sp³-hybridized carbons (Fsp3) is 0.312. The number of benzene rings is 2. The maximum atomic E-state index is 13.5. The Balaban J connectivity index is 1.41. The molecule has 1 saturated carbocycles. The number of rotatable bonds is 6. The lowest BCUT2D eigenvalue weighted by molar-refractivity contribution is -0.137. The summed E-state index contributed by atoms with van der Waals surface area (Å²) in [6.07, 6.45) is 2.15. The van der Waals surface area contributed by atoms with Crippen LogP contribution in [-0.2, 0) is 6.18 Å². The molecule has 9 heteroatoms. The van der Waals surface area contributed by atoms with Crippen molar-refractivity contribution in [1.82, 2.24) is 14.9 Å². The Labute approximate surface area is 243 Å². The monoisotopic (exact) mass is 576 g/mol. The number of aromatic nitrogens is 2. The van der Waals surface area contributed by atoms with Crippen LogP contribution < -0.4 is 15.0 Å². The standard InChI is InChI=1S/C32H31F3N4OS/c1-20-18-27(21(2)38(20)24-9-7-8-22(19-24)32(33,34)35)30-29(28-12-5-6-17-36-28)37-31(41)39(30)23-13-15-26(16-14-23)40-25-10-3-4-11-25/h5-9,12-19,25,29-30H,3-4,10-11H2,1-2H3,(H,37,41). The number of pyridine rings is 1. The molecule has 4 aromatic rings. The van der Waals surface area contributed by atoms with E-state index in [1.54, 1.807) is 12.3 Å². The Morgan fingerprint density at radius 3 is 2.37 bits per heavy atom. The molecule has 0 bridgehead atoms. The SMILES string of the molecule is Cc1cc(C2C(c3ccccn3)NC(=S)N2c2ccc(OC3CCCC3)cc2)c(C)n1-c1cccc(C(F)(F)F)c1. The first-order valence-electron chi connectivity index (χ1n) is 13.8. The Bertz CT molecular complexity index is 1550. The van der Waals surface area contributed by atoms with Crippen LogP contribution in [0.2, 0.25) is 0 Å². The van der Waals surface area contributed by atoms with Gasteiger partial charge in [-0.2, -0.15) is 13.2 Å². The highest BCUT2D eigenvalue weighted by atomic mass is 32.1. The van der Waals surface area contributed by atoms with E-state index in [1.807, 2.05) is 66.9 Å². The number of anilines is 1. The van der Waals surface area contributed by atoms with Crippen molar-refractivity contribution in [3.05, 3.63) is 107 Å². The normalized spacial score (nSPS) is 19.5. The lowest BCUT2D eigenvalue weighted by atomic mass is 9.96. The Morgan fingerprint density at radius 1 is 0.927 bits per heavy atom. The highest BCUT2D eigenvalue weighted by Crippen LogP contribution is 2.44. The second-order valence-electron chi connectivity index (χ2n) is 10.7. The predicted molar refractivity (Wildman–Crippen MR) is 158 cm³/mol. The van der Waals surface area contributed by atoms with Gasteiger partial charge in [0.1, 0.15) is 5.75 Å². The lowest BCUT2D eigenvalue weighted by Crippen LogP contribution is -2.29. The van der Waals surface area contributed by atoms with Crippen LogP contribution in [0, 0.1) is 13.8 Å². The summed E-state index contributed by atoms with van der Waals surface area (Å²) in [4.78, 5) is 6.70. The van der Waals surface area contributed by atoms with E-state index in [9.17, 15) is 13.2 Å². The van der Waals surface area contributed by atoms with Gasteiger partial charge in [0, 0.05) is 29.0 Å². The van der Waals surface area contributed by atoms with Gasteiger partial charge in [0.25, 0.3) is 0 Å². The fourth-order valence-corrected chi connectivity index (χ4v) is 6.48. The van der Waals surface area contributed by atoms with Crippen molar-refractivity contribution >= 4 is 23.0 Å². The molecule has 2 aromatic carbocycles. The molecule has 2 aromatic heterocycles. The first-order valence-corrected chi connectivity index (χ1v) is 14.3. The minimum Gasteiger partial charge on any atom is -0.490 e. The average molecular weight is 577 g/mol. The van der Waals surface area contributed by atoms with Gasteiger partial charge in [-0.25, -0.2) is 0 Å². The van der Waals surface area contributed by atoms with Gasteiger partial charge in [0.2, 0.25) is 0 Å². The van der Waals surface area contributed by atoms with Crippen molar-refractivity contribution in [1.29, 1.82) is 0 Å². The summed E-state index contributed by atoms with van der Waals surface area (Å²) in [5.41, 5.74) is 4.12. The van der Waals surface area contributed by atoms with Crippen molar-refractivity contribution in [2.75, 3.05) is 4.90 Å². The molecule has 2 unspecified atom stereocenters. The minimum atomic E-state index is -4.43.